The number of aliphatic hydroxyl groups excluding tert-OH is 2. The van der Waals surface area contributed by atoms with Gasteiger partial charge in [0, 0.05) is 19.3 Å². The Hall–Kier alpha value is -1.32. The molecule has 210 valence electrons. The molecule has 3 saturated carbocycles. The summed E-state index contributed by atoms with van der Waals surface area (Å²) < 4.78 is 24.5. The van der Waals surface area contributed by atoms with Gasteiger partial charge < -0.3 is 29.2 Å². The molecule has 0 bridgehead atoms. The minimum absolute atomic E-state index is 0.0425. The van der Waals surface area contributed by atoms with Crippen molar-refractivity contribution in [1.29, 1.82) is 0 Å². The molecule has 7 aliphatic rings. The van der Waals surface area contributed by atoms with Crippen LogP contribution in [0.1, 0.15) is 73.6 Å². The predicted molar refractivity (Wildman–Crippen MR) is 135 cm³/mol. The van der Waals surface area contributed by atoms with E-state index in [1.165, 1.54) is 6.92 Å². The van der Waals surface area contributed by atoms with Gasteiger partial charge in [0.15, 0.2) is 12.1 Å². The van der Waals surface area contributed by atoms with Crippen LogP contribution < -0.4 is 0 Å². The summed E-state index contributed by atoms with van der Waals surface area (Å²) in [6.07, 6.45) is 4.80. The Morgan fingerprint density at radius 1 is 1.18 bits per heavy atom. The van der Waals surface area contributed by atoms with Gasteiger partial charge in [0.25, 0.3) is 0 Å². The molecule has 3 aliphatic heterocycles. The van der Waals surface area contributed by atoms with Gasteiger partial charge in [-0.2, -0.15) is 0 Å². The summed E-state index contributed by atoms with van der Waals surface area (Å²) >= 11 is 0. The second-order valence-electron chi connectivity index (χ2n) is 14.4. The van der Waals surface area contributed by atoms with E-state index in [2.05, 4.69) is 20.8 Å². The monoisotopic (exact) mass is 530 g/mol. The fourth-order valence-corrected chi connectivity index (χ4v) is 10.7. The minimum atomic E-state index is -0.964. The number of hydrogen-bond donors (Lipinski definition) is 2. The molecule has 1 unspecified atom stereocenters. The molecular weight excluding hydrogens is 488 g/mol. The van der Waals surface area contributed by atoms with Crippen molar-refractivity contribution in [2.75, 3.05) is 0 Å². The maximum absolute atomic E-state index is 13.5. The SMILES string of the molecule is CC(=O)O[C@H]1C[C@H]([C@H](C)[C@H]2C[C@]3(C)O[C@]3(C)C(O)O2)[C@@]2(C)CC[C@H]3[C@@H](C[C@H]4O[C@]45[C@@H](O)C=CC(=O)[C@]35C)[C@H]12. The van der Waals surface area contributed by atoms with E-state index in [9.17, 15) is 19.8 Å². The fraction of sp³-hybridized carbons (Fsp3) is 0.867. The standard InChI is InChI=1S/C30H42O8/c1-14(20-13-27(4)29(6,38-27)25(34)36-20)18-12-19(35-15(2)31)24-16-11-23-30(37-23)22(33)8-7-21(32)28(30,5)17(16)9-10-26(18,24)3/h7-8,14,16-20,22-25,33-34H,9-13H2,1-6H3/t14-,16+,17-,18+,19-,20+,22-,23+,24+,25?,26+,27-,28-,29+,30+/m0/s1. The zero-order valence-corrected chi connectivity index (χ0v) is 23.3. The van der Waals surface area contributed by atoms with Crippen LogP contribution in [0, 0.1) is 40.4 Å². The molecule has 7 rings (SSSR count). The van der Waals surface area contributed by atoms with Crippen molar-refractivity contribution < 1.29 is 38.7 Å². The smallest absolute Gasteiger partial charge is 0.302 e. The van der Waals surface area contributed by atoms with Crippen LogP contribution in [0.4, 0.5) is 0 Å². The van der Waals surface area contributed by atoms with Gasteiger partial charge in [0.05, 0.1) is 17.6 Å². The summed E-state index contributed by atoms with van der Waals surface area (Å²) in [5, 5.41) is 21.7. The average Bonchev–Trinajstić information content (AvgIpc) is 3.68. The molecule has 0 radical (unpaired) electrons. The van der Waals surface area contributed by atoms with Crippen LogP contribution >= 0.6 is 0 Å². The van der Waals surface area contributed by atoms with Crippen LogP contribution in [-0.2, 0) is 28.5 Å². The maximum atomic E-state index is 13.5. The zero-order valence-electron chi connectivity index (χ0n) is 23.3. The molecule has 0 amide bonds. The molecule has 15 atom stereocenters. The number of hydrogen-bond acceptors (Lipinski definition) is 8. The summed E-state index contributed by atoms with van der Waals surface area (Å²) in [5.74, 6) is 0.378. The van der Waals surface area contributed by atoms with E-state index in [1.54, 1.807) is 12.2 Å². The lowest BCUT2D eigenvalue weighted by atomic mass is 9.44. The van der Waals surface area contributed by atoms with E-state index in [0.29, 0.717) is 0 Å². The number of carbonyl (C=O) groups excluding carboxylic acids is 2. The molecular formula is C30H42O8. The fourth-order valence-electron chi connectivity index (χ4n) is 10.7. The highest BCUT2D eigenvalue weighted by molar-refractivity contribution is 5.98. The molecule has 3 heterocycles. The number of fused-ring (bicyclic) bond motifs is 5. The molecule has 6 fully saturated rings. The van der Waals surface area contributed by atoms with Gasteiger partial charge in [-0.3, -0.25) is 9.59 Å². The lowest BCUT2D eigenvalue weighted by molar-refractivity contribution is -0.204. The van der Waals surface area contributed by atoms with E-state index in [0.717, 1.165) is 32.1 Å². The normalized spacial score (nSPS) is 60.5. The first-order chi connectivity index (χ1) is 17.7. The summed E-state index contributed by atoms with van der Waals surface area (Å²) in [7, 11) is 0. The van der Waals surface area contributed by atoms with E-state index in [1.807, 2.05) is 13.8 Å². The topological polar surface area (TPSA) is 118 Å². The molecule has 2 N–H and O–H groups in total. The Morgan fingerprint density at radius 3 is 2.61 bits per heavy atom. The van der Waals surface area contributed by atoms with Crippen LogP contribution in [-0.4, -0.2) is 69.5 Å². The van der Waals surface area contributed by atoms with Gasteiger partial charge in [-0.15, -0.1) is 0 Å². The molecule has 38 heavy (non-hydrogen) atoms. The second-order valence-corrected chi connectivity index (χ2v) is 14.4. The van der Waals surface area contributed by atoms with E-state index < -0.39 is 34.6 Å². The highest BCUT2D eigenvalue weighted by Gasteiger charge is 2.81. The van der Waals surface area contributed by atoms with E-state index >= 15 is 0 Å². The van der Waals surface area contributed by atoms with Crippen molar-refractivity contribution in [3.8, 4) is 0 Å². The number of ketones is 1. The zero-order chi connectivity index (χ0) is 27.2. The van der Waals surface area contributed by atoms with Crippen LogP contribution in [0.2, 0.25) is 0 Å². The third kappa shape index (κ3) is 2.84. The number of aliphatic hydroxyl groups is 2. The number of ether oxygens (including phenoxy) is 4. The van der Waals surface area contributed by atoms with E-state index in [4.69, 9.17) is 18.9 Å². The van der Waals surface area contributed by atoms with Crippen molar-refractivity contribution in [2.24, 2.45) is 40.4 Å². The Morgan fingerprint density at radius 2 is 1.92 bits per heavy atom. The minimum Gasteiger partial charge on any atom is -0.462 e. The Labute approximate surface area is 224 Å². The average molecular weight is 531 g/mol. The first-order valence-electron chi connectivity index (χ1n) is 14.5. The molecule has 8 heteroatoms. The van der Waals surface area contributed by atoms with Gasteiger partial charge in [0.1, 0.15) is 29.0 Å². The summed E-state index contributed by atoms with van der Waals surface area (Å²) in [5.41, 5.74) is -2.79. The van der Waals surface area contributed by atoms with Crippen LogP contribution in [0.3, 0.4) is 0 Å². The second kappa shape index (κ2) is 7.49. The number of epoxide rings is 2. The Balaban J connectivity index is 1.23. The Bertz CT molecular complexity index is 1120. The van der Waals surface area contributed by atoms with Crippen LogP contribution in [0.5, 0.6) is 0 Å². The largest absolute Gasteiger partial charge is 0.462 e. The predicted octanol–water partition coefficient (Wildman–Crippen LogP) is 2.93. The first kappa shape index (κ1) is 25.6. The molecule has 3 saturated heterocycles. The van der Waals surface area contributed by atoms with E-state index in [-0.39, 0.29) is 65.1 Å². The highest BCUT2D eigenvalue weighted by Crippen LogP contribution is 2.73. The molecule has 4 aliphatic carbocycles. The number of esters is 1. The number of allylic oxidation sites excluding steroid dienone is 1. The molecule has 0 aromatic carbocycles. The van der Waals surface area contributed by atoms with Crippen molar-refractivity contribution in [1.82, 2.24) is 0 Å². The summed E-state index contributed by atoms with van der Waals surface area (Å²) in [6, 6.07) is 0. The first-order valence-corrected chi connectivity index (χ1v) is 14.5. The van der Waals surface area contributed by atoms with Crippen molar-refractivity contribution in [3.05, 3.63) is 12.2 Å². The van der Waals surface area contributed by atoms with Gasteiger partial charge >= 0.3 is 5.97 Å². The van der Waals surface area contributed by atoms with Gasteiger partial charge in [-0.1, -0.05) is 13.8 Å². The number of rotatable bonds is 3. The van der Waals surface area contributed by atoms with Gasteiger partial charge in [-0.25, -0.2) is 0 Å². The van der Waals surface area contributed by atoms with Crippen molar-refractivity contribution in [2.45, 2.75) is 121 Å². The highest BCUT2D eigenvalue weighted by atomic mass is 16.7. The molecule has 1 spiro atoms. The third-order valence-corrected chi connectivity index (χ3v) is 13.0. The summed E-state index contributed by atoms with van der Waals surface area (Å²) in [6.45, 7) is 12.0. The maximum Gasteiger partial charge on any atom is 0.302 e. The Kier molecular flexibility index (Phi) is 5.05. The van der Waals surface area contributed by atoms with Crippen molar-refractivity contribution >= 4 is 11.8 Å². The van der Waals surface area contributed by atoms with Crippen LogP contribution in [0.25, 0.3) is 0 Å². The number of carbonyl (C=O) groups is 2. The summed E-state index contributed by atoms with van der Waals surface area (Å²) in [4.78, 5) is 25.8. The molecule has 0 aromatic heterocycles. The third-order valence-electron chi connectivity index (χ3n) is 13.0. The van der Waals surface area contributed by atoms with Gasteiger partial charge in [0.2, 0.25) is 0 Å². The lowest BCUT2D eigenvalue weighted by Crippen LogP contribution is -2.64. The molecule has 8 nitrogen and oxygen atoms in total. The van der Waals surface area contributed by atoms with Crippen LogP contribution in [0.15, 0.2) is 12.2 Å². The molecule has 0 aromatic rings. The van der Waals surface area contributed by atoms with Crippen molar-refractivity contribution in [3.63, 3.8) is 0 Å². The van der Waals surface area contributed by atoms with Gasteiger partial charge in [-0.05, 0) is 87.7 Å². The lowest BCUT2D eigenvalue weighted by Gasteiger charge is -2.58. The quantitative estimate of drug-likeness (QED) is 0.423.